The second-order valence-corrected chi connectivity index (χ2v) is 4.15. The Labute approximate surface area is 95.2 Å². The van der Waals surface area contributed by atoms with E-state index in [0.29, 0.717) is 5.56 Å². The quantitative estimate of drug-likeness (QED) is 0.708. The smallest absolute Gasteiger partial charge is 0.102 e. The van der Waals surface area contributed by atoms with Gasteiger partial charge in [-0.3, -0.25) is 0 Å². The fourth-order valence-corrected chi connectivity index (χ4v) is 1.25. The van der Waals surface area contributed by atoms with Gasteiger partial charge >= 0.3 is 0 Å². The van der Waals surface area contributed by atoms with Crippen LogP contribution >= 0.6 is 0 Å². The SMILES string of the molecule is Cc1cc(NCC(C)(O)CO)ccc1C#N. The normalized spacial score (nSPS) is 13.9. The Morgan fingerprint density at radius 3 is 2.69 bits per heavy atom. The van der Waals surface area contributed by atoms with Crippen molar-refractivity contribution in [2.24, 2.45) is 0 Å². The second-order valence-electron chi connectivity index (χ2n) is 4.15. The predicted molar refractivity (Wildman–Crippen MR) is 62.1 cm³/mol. The van der Waals surface area contributed by atoms with Crippen LogP contribution < -0.4 is 5.32 Å². The van der Waals surface area contributed by atoms with Crippen molar-refractivity contribution in [3.05, 3.63) is 29.3 Å². The first-order chi connectivity index (χ1) is 7.48. The topological polar surface area (TPSA) is 76.3 Å². The Kier molecular flexibility index (Phi) is 3.88. The maximum absolute atomic E-state index is 9.59. The number of benzene rings is 1. The van der Waals surface area contributed by atoms with Crippen LogP contribution in [-0.2, 0) is 0 Å². The van der Waals surface area contributed by atoms with Crippen molar-refractivity contribution in [1.29, 1.82) is 5.26 Å². The van der Waals surface area contributed by atoms with E-state index < -0.39 is 5.60 Å². The fourth-order valence-electron chi connectivity index (χ4n) is 1.25. The van der Waals surface area contributed by atoms with Crippen LogP contribution in [0.3, 0.4) is 0 Å². The van der Waals surface area contributed by atoms with Gasteiger partial charge < -0.3 is 15.5 Å². The van der Waals surface area contributed by atoms with Crippen molar-refractivity contribution < 1.29 is 10.2 Å². The zero-order chi connectivity index (χ0) is 12.2. The highest BCUT2D eigenvalue weighted by molar-refractivity contribution is 5.51. The number of nitrogens with one attached hydrogen (secondary N) is 1. The molecule has 0 amide bonds. The molecule has 0 saturated heterocycles. The number of nitrogens with zero attached hydrogens (tertiary/aromatic N) is 1. The number of aliphatic hydroxyl groups is 2. The first kappa shape index (κ1) is 12.5. The molecule has 1 unspecified atom stereocenters. The largest absolute Gasteiger partial charge is 0.393 e. The van der Waals surface area contributed by atoms with Crippen molar-refractivity contribution in [3.63, 3.8) is 0 Å². The Bertz CT molecular complexity index is 408. The van der Waals surface area contributed by atoms with Gasteiger partial charge in [0, 0.05) is 12.2 Å². The summed E-state index contributed by atoms with van der Waals surface area (Å²) in [6.45, 7) is 3.37. The van der Waals surface area contributed by atoms with E-state index in [9.17, 15) is 5.11 Å². The fraction of sp³-hybridized carbons (Fsp3) is 0.417. The van der Waals surface area contributed by atoms with E-state index >= 15 is 0 Å². The molecule has 0 bridgehead atoms. The summed E-state index contributed by atoms with van der Waals surface area (Å²) in [6, 6.07) is 7.43. The molecular weight excluding hydrogens is 204 g/mol. The molecule has 16 heavy (non-hydrogen) atoms. The zero-order valence-corrected chi connectivity index (χ0v) is 9.49. The van der Waals surface area contributed by atoms with E-state index in [1.807, 2.05) is 13.0 Å². The zero-order valence-electron chi connectivity index (χ0n) is 9.49. The van der Waals surface area contributed by atoms with Crippen molar-refractivity contribution in [2.75, 3.05) is 18.5 Å². The third kappa shape index (κ3) is 3.23. The van der Waals surface area contributed by atoms with Crippen LogP contribution in [-0.4, -0.2) is 29.0 Å². The van der Waals surface area contributed by atoms with Gasteiger partial charge in [0.2, 0.25) is 0 Å². The molecule has 3 N–H and O–H groups in total. The van der Waals surface area contributed by atoms with E-state index in [1.54, 1.807) is 19.1 Å². The molecule has 1 aromatic rings. The molecule has 1 rings (SSSR count). The van der Waals surface area contributed by atoms with Crippen molar-refractivity contribution in [2.45, 2.75) is 19.4 Å². The van der Waals surface area contributed by atoms with Crippen LogP contribution in [0.15, 0.2) is 18.2 Å². The highest BCUT2D eigenvalue weighted by atomic mass is 16.3. The summed E-state index contributed by atoms with van der Waals surface area (Å²) in [5.74, 6) is 0. The maximum Gasteiger partial charge on any atom is 0.102 e. The Balaban J connectivity index is 2.70. The van der Waals surface area contributed by atoms with E-state index in [0.717, 1.165) is 11.3 Å². The second kappa shape index (κ2) is 4.97. The molecule has 0 spiro atoms. The van der Waals surface area contributed by atoms with Crippen LogP contribution in [0, 0.1) is 18.3 Å². The van der Waals surface area contributed by atoms with E-state index in [2.05, 4.69) is 11.4 Å². The van der Waals surface area contributed by atoms with Crippen molar-refractivity contribution >= 4 is 5.69 Å². The Morgan fingerprint density at radius 1 is 1.50 bits per heavy atom. The van der Waals surface area contributed by atoms with Crippen LogP contribution in [0.2, 0.25) is 0 Å². The van der Waals surface area contributed by atoms with Crippen molar-refractivity contribution in [3.8, 4) is 6.07 Å². The van der Waals surface area contributed by atoms with Crippen LogP contribution in [0.4, 0.5) is 5.69 Å². The first-order valence-corrected chi connectivity index (χ1v) is 5.06. The summed E-state index contributed by atoms with van der Waals surface area (Å²) in [5.41, 5.74) is 1.21. The number of nitriles is 1. The minimum Gasteiger partial charge on any atom is -0.393 e. The van der Waals surface area contributed by atoms with Crippen LogP contribution in [0.1, 0.15) is 18.1 Å². The van der Waals surface area contributed by atoms with Gasteiger partial charge in [-0.05, 0) is 37.6 Å². The lowest BCUT2D eigenvalue weighted by molar-refractivity contribution is 0.0132. The molecule has 4 nitrogen and oxygen atoms in total. The lowest BCUT2D eigenvalue weighted by Crippen LogP contribution is -2.37. The third-order valence-corrected chi connectivity index (χ3v) is 2.36. The van der Waals surface area contributed by atoms with Gasteiger partial charge in [0.1, 0.15) is 5.60 Å². The average Bonchev–Trinajstić information content (AvgIpc) is 2.27. The third-order valence-electron chi connectivity index (χ3n) is 2.36. The minimum atomic E-state index is -1.14. The molecule has 4 heteroatoms. The molecule has 0 fully saturated rings. The molecule has 0 aliphatic carbocycles. The molecule has 0 aliphatic rings. The standard InChI is InChI=1S/C12H16N2O2/c1-9-5-11(4-3-10(9)6-13)14-7-12(2,16)8-15/h3-5,14-16H,7-8H2,1-2H3. The maximum atomic E-state index is 9.59. The molecule has 0 aromatic heterocycles. The first-order valence-electron chi connectivity index (χ1n) is 5.06. The Hall–Kier alpha value is -1.57. The van der Waals surface area contributed by atoms with Gasteiger partial charge in [-0.15, -0.1) is 0 Å². The summed E-state index contributed by atoms with van der Waals surface area (Å²) in [6.07, 6.45) is 0. The van der Waals surface area contributed by atoms with Gasteiger partial charge in [0.15, 0.2) is 0 Å². The molecular formula is C12H16N2O2. The number of anilines is 1. The number of hydrogen-bond donors (Lipinski definition) is 3. The predicted octanol–water partition coefficient (Wildman–Crippen LogP) is 1.02. The molecule has 1 atom stereocenters. The van der Waals surface area contributed by atoms with Gasteiger partial charge in [-0.1, -0.05) is 0 Å². The Morgan fingerprint density at radius 2 is 2.19 bits per heavy atom. The summed E-state index contributed by atoms with van der Waals surface area (Å²) < 4.78 is 0. The van der Waals surface area contributed by atoms with E-state index in [1.165, 1.54) is 0 Å². The lowest BCUT2D eigenvalue weighted by Gasteiger charge is -2.21. The molecule has 0 aliphatic heterocycles. The summed E-state index contributed by atoms with van der Waals surface area (Å²) in [7, 11) is 0. The minimum absolute atomic E-state index is 0.259. The van der Waals surface area contributed by atoms with Crippen LogP contribution in [0.5, 0.6) is 0 Å². The van der Waals surface area contributed by atoms with E-state index in [-0.39, 0.29) is 13.2 Å². The molecule has 0 radical (unpaired) electrons. The number of rotatable bonds is 4. The lowest BCUT2D eigenvalue weighted by atomic mass is 10.1. The van der Waals surface area contributed by atoms with E-state index in [4.69, 9.17) is 10.4 Å². The van der Waals surface area contributed by atoms with Crippen molar-refractivity contribution in [1.82, 2.24) is 0 Å². The highest BCUT2D eigenvalue weighted by Gasteiger charge is 2.18. The molecule has 86 valence electrons. The van der Waals surface area contributed by atoms with Gasteiger partial charge in [-0.25, -0.2) is 0 Å². The molecule has 1 aromatic carbocycles. The number of aliphatic hydroxyl groups excluding tert-OH is 1. The number of aryl methyl sites for hydroxylation is 1. The summed E-state index contributed by atoms with van der Waals surface area (Å²) in [5, 5.41) is 30.2. The van der Waals surface area contributed by atoms with Gasteiger partial charge in [-0.2, -0.15) is 5.26 Å². The van der Waals surface area contributed by atoms with Gasteiger partial charge in [0.25, 0.3) is 0 Å². The van der Waals surface area contributed by atoms with Crippen LogP contribution in [0.25, 0.3) is 0 Å². The summed E-state index contributed by atoms with van der Waals surface area (Å²) >= 11 is 0. The average molecular weight is 220 g/mol. The molecule has 0 saturated carbocycles. The summed E-state index contributed by atoms with van der Waals surface area (Å²) in [4.78, 5) is 0. The number of hydrogen-bond acceptors (Lipinski definition) is 4. The highest BCUT2D eigenvalue weighted by Crippen LogP contribution is 2.15. The van der Waals surface area contributed by atoms with Gasteiger partial charge in [0.05, 0.1) is 18.2 Å². The molecule has 0 heterocycles. The monoisotopic (exact) mass is 220 g/mol.